The number of nitrogens with one attached hydrogen (secondary N) is 1. The van der Waals surface area contributed by atoms with E-state index in [1.165, 1.54) is 11.1 Å². The molecule has 0 radical (unpaired) electrons. The molecule has 1 fully saturated rings. The normalized spacial score (nSPS) is 15.0. The first kappa shape index (κ1) is 19.3. The van der Waals surface area contributed by atoms with Crippen LogP contribution < -0.4 is 15.0 Å². The van der Waals surface area contributed by atoms with Crippen LogP contribution in [0.5, 0.6) is 5.75 Å². The van der Waals surface area contributed by atoms with Crippen molar-refractivity contribution in [2.75, 3.05) is 18.6 Å². The lowest BCUT2D eigenvalue weighted by Crippen LogP contribution is -2.24. The molecule has 2 aromatic rings. The summed E-state index contributed by atoms with van der Waals surface area (Å²) in [6.07, 6.45) is 1.61. The van der Waals surface area contributed by atoms with Gasteiger partial charge in [-0.15, -0.1) is 12.4 Å². The van der Waals surface area contributed by atoms with Crippen molar-refractivity contribution >= 4 is 24.0 Å². The summed E-state index contributed by atoms with van der Waals surface area (Å²) in [7, 11) is 1.67. The summed E-state index contributed by atoms with van der Waals surface area (Å²) in [5.74, 6) is 1.10. The Labute approximate surface area is 155 Å². The van der Waals surface area contributed by atoms with Gasteiger partial charge in [0.05, 0.1) is 7.11 Å². The SMILES string of the molecule is COc1ccc(CNC(C)c2cccc(N3CCCC3=O)c2)cc1.Cl. The first-order chi connectivity index (χ1) is 11.7. The number of halogens is 1. The number of hydrogen-bond acceptors (Lipinski definition) is 3. The highest BCUT2D eigenvalue weighted by Gasteiger charge is 2.22. The third-order valence-electron chi connectivity index (χ3n) is 4.53. The van der Waals surface area contributed by atoms with Crippen LogP contribution in [-0.4, -0.2) is 19.6 Å². The number of carbonyl (C=O) groups is 1. The van der Waals surface area contributed by atoms with E-state index in [1.807, 2.05) is 29.2 Å². The molecule has 1 aliphatic heterocycles. The minimum absolute atomic E-state index is 0. The molecule has 0 spiro atoms. The number of methoxy groups -OCH3 is 1. The third-order valence-corrected chi connectivity index (χ3v) is 4.53. The Balaban J connectivity index is 0.00000225. The van der Waals surface area contributed by atoms with E-state index in [1.54, 1.807) is 7.11 Å². The van der Waals surface area contributed by atoms with Crippen molar-refractivity contribution in [3.63, 3.8) is 0 Å². The first-order valence-corrected chi connectivity index (χ1v) is 8.44. The summed E-state index contributed by atoms with van der Waals surface area (Å²) < 4.78 is 5.18. The third kappa shape index (κ3) is 4.74. The van der Waals surface area contributed by atoms with Crippen molar-refractivity contribution in [1.29, 1.82) is 0 Å². The Kier molecular flexibility index (Phi) is 6.85. The fourth-order valence-corrected chi connectivity index (χ4v) is 3.02. The number of benzene rings is 2. The second kappa shape index (κ2) is 8.88. The molecule has 25 heavy (non-hydrogen) atoms. The Morgan fingerprint density at radius 3 is 2.60 bits per heavy atom. The van der Waals surface area contributed by atoms with Crippen LogP contribution in [0, 0.1) is 0 Å². The number of ether oxygens (including phenoxy) is 1. The lowest BCUT2D eigenvalue weighted by Gasteiger charge is -2.19. The number of hydrogen-bond donors (Lipinski definition) is 1. The van der Waals surface area contributed by atoms with Crippen LogP contribution in [0.15, 0.2) is 48.5 Å². The Bertz CT molecular complexity index is 703. The molecule has 1 unspecified atom stereocenters. The minimum atomic E-state index is 0. The van der Waals surface area contributed by atoms with Crippen LogP contribution >= 0.6 is 12.4 Å². The molecular formula is C20H25ClN2O2. The first-order valence-electron chi connectivity index (χ1n) is 8.44. The van der Waals surface area contributed by atoms with Gasteiger partial charge in [-0.3, -0.25) is 4.79 Å². The number of nitrogens with zero attached hydrogens (tertiary/aromatic N) is 1. The monoisotopic (exact) mass is 360 g/mol. The second-order valence-electron chi connectivity index (χ2n) is 6.19. The van der Waals surface area contributed by atoms with Gasteiger partial charge in [0.15, 0.2) is 0 Å². The molecule has 1 atom stereocenters. The summed E-state index contributed by atoms with van der Waals surface area (Å²) in [4.78, 5) is 13.8. The smallest absolute Gasteiger partial charge is 0.227 e. The standard InChI is InChI=1S/C20H24N2O2.ClH/c1-15(21-14-16-8-10-19(24-2)11-9-16)17-5-3-6-18(13-17)22-12-4-7-20(22)23;/h3,5-6,8-11,13,15,21H,4,7,12,14H2,1-2H3;1H. The summed E-state index contributed by atoms with van der Waals surface area (Å²) in [6.45, 7) is 3.77. The number of carbonyl (C=O) groups excluding carboxylic acids is 1. The molecule has 1 N–H and O–H groups in total. The molecule has 1 amide bonds. The molecule has 0 aliphatic carbocycles. The lowest BCUT2D eigenvalue weighted by atomic mass is 10.1. The predicted molar refractivity (Wildman–Crippen MR) is 104 cm³/mol. The van der Waals surface area contributed by atoms with E-state index in [0.29, 0.717) is 6.42 Å². The summed E-state index contributed by atoms with van der Waals surface area (Å²) in [5, 5.41) is 3.54. The highest BCUT2D eigenvalue weighted by Crippen LogP contribution is 2.25. The fourth-order valence-electron chi connectivity index (χ4n) is 3.02. The molecule has 2 aromatic carbocycles. The molecule has 5 heteroatoms. The van der Waals surface area contributed by atoms with Crippen molar-refractivity contribution in [2.45, 2.75) is 32.4 Å². The zero-order valence-corrected chi connectivity index (χ0v) is 15.5. The van der Waals surface area contributed by atoms with Gasteiger partial charge in [-0.05, 0) is 48.7 Å². The van der Waals surface area contributed by atoms with Crippen molar-refractivity contribution in [1.82, 2.24) is 5.32 Å². The molecule has 0 saturated carbocycles. The van der Waals surface area contributed by atoms with Crippen molar-refractivity contribution in [3.05, 3.63) is 59.7 Å². The summed E-state index contributed by atoms with van der Waals surface area (Å²) in [6, 6.07) is 16.6. The van der Waals surface area contributed by atoms with Crippen molar-refractivity contribution in [3.8, 4) is 5.75 Å². The van der Waals surface area contributed by atoms with Gasteiger partial charge in [-0.25, -0.2) is 0 Å². The molecule has 0 aromatic heterocycles. The molecular weight excluding hydrogens is 336 g/mol. The largest absolute Gasteiger partial charge is 0.497 e. The van der Waals surface area contributed by atoms with Crippen LogP contribution in [0.25, 0.3) is 0 Å². The minimum Gasteiger partial charge on any atom is -0.497 e. The zero-order chi connectivity index (χ0) is 16.9. The maximum Gasteiger partial charge on any atom is 0.227 e. The highest BCUT2D eigenvalue weighted by atomic mass is 35.5. The van der Waals surface area contributed by atoms with E-state index in [4.69, 9.17) is 4.74 Å². The topological polar surface area (TPSA) is 41.6 Å². The fraction of sp³-hybridized carbons (Fsp3) is 0.350. The second-order valence-corrected chi connectivity index (χ2v) is 6.19. The lowest BCUT2D eigenvalue weighted by molar-refractivity contribution is -0.117. The van der Waals surface area contributed by atoms with Gasteiger partial charge < -0.3 is 15.0 Å². The van der Waals surface area contributed by atoms with E-state index >= 15 is 0 Å². The van der Waals surface area contributed by atoms with Crippen LogP contribution in [0.3, 0.4) is 0 Å². The van der Waals surface area contributed by atoms with E-state index in [0.717, 1.165) is 30.9 Å². The van der Waals surface area contributed by atoms with Gasteiger partial charge in [0, 0.05) is 31.2 Å². The van der Waals surface area contributed by atoms with E-state index in [-0.39, 0.29) is 24.4 Å². The molecule has 1 heterocycles. The maximum absolute atomic E-state index is 11.9. The average molecular weight is 361 g/mol. The Hall–Kier alpha value is -2.04. The number of anilines is 1. The Morgan fingerprint density at radius 1 is 1.20 bits per heavy atom. The van der Waals surface area contributed by atoms with Crippen LogP contribution in [0.1, 0.15) is 36.9 Å². The van der Waals surface area contributed by atoms with Crippen molar-refractivity contribution in [2.24, 2.45) is 0 Å². The van der Waals surface area contributed by atoms with Crippen LogP contribution in [-0.2, 0) is 11.3 Å². The summed E-state index contributed by atoms with van der Waals surface area (Å²) >= 11 is 0. The average Bonchev–Trinajstić information content (AvgIpc) is 3.06. The van der Waals surface area contributed by atoms with E-state index in [2.05, 4.69) is 36.5 Å². The molecule has 3 rings (SSSR count). The van der Waals surface area contributed by atoms with Gasteiger partial charge in [0.2, 0.25) is 5.91 Å². The molecule has 1 aliphatic rings. The molecule has 4 nitrogen and oxygen atoms in total. The van der Waals surface area contributed by atoms with E-state index in [9.17, 15) is 4.79 Å². The van der Waals surface area contributed by atoms with Crippen LogP contribution in [0.2, 0.25) is 0 Å². The number of amides is 1. The summed E-state index contributed by atoms with van der Waals surface area (Å²) in [5.41, 5.74) is 3.42. The molecule has 134 valence electrons. The zero-order valence-electron chi connectivity index (χ0n) is 14.7. The maximum atomic E-state index is 11.9. The predicted octanol–water partition coefficient (Wildman–Crippen LogP) is 4.09. The van der Waals surface area contributed by atoms with Crippen LogP contribution in [0.4, 0.5) is 5.69 Å². The molecule has 0 bridgehead atoms. The van der Waals surface area contributed by atoms with Crippen molar-refractivity contribution < 1.29 is 9.53 Å². The highest BCUT2D eigenvalue weighted by molar-refractivity contribution is 5.95. The molecule has 1 saturated heterocycles. The van der Waals surface area contributed by atoms with Gasteiger partial charge in [0.25, 0.3) is 0 Å². The Morgan fingerprint density at radius 2 is 1.96 bits per heavy atom. The number of rotatable bonds is 6. The van der Waals surface area contributed by atoms with Gasteiger partial charge in [-0.1, -0.05) is 24.3 Å². The van der Waals surface area contributed by atoms with E-state index < -0.39 is 0 Å². The quantitative estimate of drug-likeness (QED) is 0.843. The van der Waals surface area contributed by atoms with Gasteiger partial charge in [0.1, 0.15) is 5.75 Å². The van der Waals surface area contributed by atoms with Gasteiger partial charge in [-0.2, -0.15) is 0 Å². The van der Waals surface area contributed by atoms with Gasteiger partial charge >= 0.3 is 0 Å².